The van der Waals surface area contributed by atoms with Gasteiger partial charge in [-0.05, 0) is 37.6 Å². The third-order valence-corrected chi connectivity index (χ3v) is 5.14. The molecule has 1 aromatic heterocycles. The van der Waals surface area contributed by atoms with Crippen LogP contribution in [0.5, 0.6) is 11.6 Å². The van der Waals surface area contributed by atoms with Crippen LogP contribution >= 0.6 is 0 Å². The summed E-state index contributed by atoms with van der Waals surface area (Å²) in [6, 6.07) is 9.68. The summed E-state index contributed by atoms with van der Waals surface area (Å²) in [5, 5.41) is 2.81. The Labute approximate surface area is 159 Å². The summed E-state index contributed by atoms with van der Waals surface area (Å²) in [4.78, 5) is 16.6. The molecule has 0 aliphatic heterocycles. The highest BCUT2D eigenvalue weighted by atomic mass is 32.2. The number of sulfone groups is 1. The Balaban J connectivity index is 2.16. The van der Waals surface area contributed by atoms with E-state index in [1.54, 1.807) is 37.4 Å². The molecule has 3 N–H and O–H groups in total. The van der Waals surface area contributed by atoms with Crippen molar-refractivity contribution in [3.05, 3.63) is 48.2 Å². The Bertz CT molecular complexity index is 911. The van der Waals surface area contributed by atoms with Gasteiger partial charge in [0.15, 0.2) is 9.84 Å². The number of amides is 1. The predicted molar refractivity (Wildman–Crippen MR) is 103 cm³/mol. The highest BCUT2D eigenvalue weighted by Gasteiger charge is 2.27. The lowest BCUT2D eigenvalue weighted by Crippen LogP contribution is -2.51. The summed E-state index contributed by atoms with van der Waals surface area (Å²) in [5.41, 5.74) is 5.75. The maximum atomic E-state index is 12.3. The summed E-state index contributed by atoms with van der Waals surface area (Å²) in [5.74, 6) is 0.384. The molecule has 1 amide bonds. The highest BCUT2D eigenvalue weighted by Crippen LogP contribution is 2.25. The molecule has 0 fully saturated rings. The summed E-state index contributed by atoms with van der Waals surface area (Å²) in [6.45, 7) is 3.86. The Kier molecular flexibility index (Phi) is 6.56. The van der Waals surface area contributed by atoms with Gasteiger partial charge < -0.3 is 15.8 Å². The number of carbonyl (C=O) groups is 1. The van der Waals surface area contributed by atoms with Crippen LogP contribution in [0, 0.1) is 0 Å². The second-order valence-electron chi connectivity index (χ2n) is 6.67. The third-order valence-electron chi connectivity index (χ3n) is 4.03. The van der Waals surface area contributed by atoms with Gasteiger partial charge in [-0.1, -0.05) is 25.5 Å². The van der Waals surface area contributed by atoms with Gasteiger partial charge in [-0.15, -0.1) is 0 Å². The molecule has 1 unspecified atom stereocenters. The molecule has 2 rings (SSSR count). The zero-order chi connectivity index (χ0) is 20.1. The largest absolute Gasteiger partial charge is 0.439 e. The van der Waals surface area contributed by atoms with E-state index >= 15 is 0 Å². The van der Waals surface area contributed by atoms with E-state index in [-0.39, 0.29) is 23.2 Å². The molecule has 0 saturated carbocycles. The van der Waals surface area contributed by atoms with E-state index in [1.165, 1.54) is 12.1 Å². The molecule has 1 heterocycles. The van der Waals surface area contributed by atoms with Crippen LogP contribution in [0.25, 0.3) is 0 Å². The molecule has 0 aliphatic carbocycles. The van der Waals surface area contributed by atoms with Gasteiger partial charge in [0.2, 0.25) is 11.8 Å². The number of pyridine rings is 1. The van der Waals surface area contributed by atoms with Gasteiger partial charge in [-0.3, -0.25) is 4.79 Å². The van der Waals surface area contributed by atoms with E-state index in [0.717, 1.165) is 12.7 Å². The lowest BCUT2D eigenvalue weighted by atomic mass is 9.96. The molecule has 1 aromatic carbocycles. The van der Waals surface area contributed by atoms with Crippen LogP contribution < -0.4 is 15.8 Å². The number of aromatic nitrogens is 1. The van der Waals surface area contributed by atoms with E-state index in [4.69, 9.17) is 10.5 Å². The zero-order valence-electron chi connectivity index (χ0n) is 15.7. The summed E-state index contributed by atoms with van der Waals surface area (Å²) in [7, 11) is -3.34. The lowest BCUT2D eigenvalue weighted by molar-refractivity contribution is -0.126. The van der Waals surface area contributed by atoms with Crippen LogP contribution in [0.4, 0.5) is 0 Å². The number of rotatable bonds is 8. The normalized spacial score (nSPS) is 13.6. The van der Waals surface area contributed by atoms with Gasteiger partial charge in [0.25, 0.3) is 0 Å². The van der Waals surface area contributed by atoms with E-state index < -0.39 is 15.4 Å². The molecule has 8 heteroatoms. The Morgan fingerprint density at radius 3 is 2.70 bits per heavy atom. The molecule has 0 saturated heterocycles. The molecule has 0 bridgehead atoms. The average molecular weight is 391 g/mol. The molecule has 27 heavy (non-hydrogen) atoms. The zero-order valence-corrected chi connectivity index (χ0v) is 16.5. The summed E-state index contributed by atoms with van der Waals surface area (Å²) >= 11 is 0. The summed E-state index contributed by atoms with van der Waals surface area (Å²) in [6.07, 6.45) is 4.07. The minimum absolute atomic E-state index is 0.157. The highest BCUT2D eigenvalue weighted by molar-refractivity contribution is 7.90. The second kappa shape index (κ2) is 8.49. The molecule has 146 valence electrons. The molecule has 1 atom stereocenters. The van der Waals surface area contributed by atoms with Gasteiger partial charge in [-0.2, -0.15) is 0 Å². The number of hydrogen-bond donors (Lipinski definition) is 2. The Hall–Kier alpha value is -2.45. The predicted octanol–water partition coefficient (Wildman–Crippen LogP) is 2.41. The van der Waals surface area contributed by atoms with E-state index in [1.807, 2.05) is 6.92 Å². The number of nitrogens with two attached hydrogens (primary N) is 1. The number of nitrogens with zero attached hydrogens (tertiary/aromatic N) is 1. The van der Waals surface area contributed by atoms with Crippen molar-refractivity contribution in [2.45, 2.75) is 43.7 Å². The van der Waals surface area contributed by atoms with Crippen LogP contribution in [-0.2, 0) is 21.2 Å². The fourth-order valence-corrected chi connectivity index (χ4v) is 3.20. The standard InChI is InChI=1S/C19H25N3O4S/c1-4-10-19(2,20)18(23)22-13-14-7-6-11-21-17(14)26-15-8-5-9-16(12-15)27(3,24)25/h5-9,11-12H,4,10,13,20H2,1-3H3,(H,22,23). The first-order chi connectivity index (χ1) is 12.6. The van der Waals surface area contributed by atoms with Crippen molar-refractivity contribution >= 4 is 15.7 Å². The molecular weight excluding hydrogens is 366 g/mol. The van der Waals surface area contributed by atoms with Crippen LogP contribution in [0.2, 0.25) is 0 Å². The van der Waals surface area contributed by atoms with Crippen molar-refractivity contribution in [3.63, 3.8) is 0 Å². The second-order valence-corrected chi connectivity index (χ2v) is 8.68. The molecule has 0 radical (unpaired) electrons. The minimum Gasteiger partial charge on any atom is -0.439 e. The van der Waals surface area contributed by atoms with Crippen molar-refractivity contribution in [1.29, 1.82) is 0 Å². The van der Waals surface area contributed by atoms with Crippen molar-refractivity contribution in [1.82, 2.24) is 10.3 Å². The first-order valence-electron chi connectivity index (χ1n) is 8.62. The van der Waals surface area contributed by atoms with Crippen molar-refractivity contribution in [2.75, 3.05) is 6.26 Å². The quantitative estimate of drug-likeness (QED) is 0.715. The topological polar surface area (TPSA) is 111 Å². The number of nitrogens with one attached hydrogen (secondary N) is 1. The van der Waals surface area contributed by atoms with Crippen LogP contribution in [0.1, 0.15) is 32.3 Å². The van der Waals surface area contributed by atoms with E-state index in [2.05, 4.69) is 10.3 Å². The third kappa shape index (κ3) is 5.77. The Morgan fingerprint density at radius 2 is 2.04 bits per heavy atom. The van der Waals surface area contributed by atoms with Gasteiger partial charge in [-0.25, -0.2) is 13.4 Å². The van der Waals surface area contributed by atoms with Gasteiger partial charge in [0.1, 0.15) is 5.75 Å². The first kappa shape index (κ1) is 20.9. The van der Waals surface area contributed by atoms with Crippen molar-refractivity contribution in [2.24, 2.45) is 5.73 Å². The van der Waals surface area contributed by atoms with E-state index in [9.17, 15) is 13.2 Å². The maximum Gasteiger partial charge on any atom is 0.240 e. The molecule has 0 aliphatic rings. The molecular formula is C19H25N3O4S. The monoisotopic (exact) mass is 391 g/mol. The Morgan fingerprint density at radius 1 is 1.30 bits per heavy atom. The molecule has 7 nitrogen and oxygen atoms in total. The smallest absolute Gasteiger partial charge is 0.240 e. The van der Waals surface area contributed by atoms with Gasteiger partial charge >= 0.3 is 0 Å². The molecule has 0 spiro atoms. The fourth-order valence-electron chi connectivity index (χ4n) is 2.54. The SMILES string of the molecule is CCCC(C)(N)C(=O)NCc1cccnc1Oc1cccc(S(C)(=O)=O)c1. The van der Waals surface area contributed by atoms with Crippen LogP contribution in [0.3, 0.4) is 0 Å². The van der Waals surface area contributed by atoms with Crippen molar-refractivity contribution < 1.29 is 17.9 Å². The number of ether oxygens (including phenoxy) is 1. The molecule has 2 aromatic rings. The maximum absolute atomic E-state index is 12.3. The lowest BCUT2D eigenvalue weighted by Gasteiger charge is -2.23. The summed E-state index contributed by atoms with van der Waals surface area (Å²) < 4.78 is 29.1. The van der Waals surface area contributed by atoms with Gasteiger partial charge in [0.05, 0.1) is 10.4 Å². The van der Waals surface area contributed by atoms with Crippen molar-refractivity contribution in [3.8, 4) is 11.6 Å². The number of carbonyl (C=O) groups excluding carboxylic acids is 1. The van der Waals surface area contributed by atoms with E-state index in [0.29, 0.717) is 17.7 Å². The van der Waals surface area contributed by atoms with Gasteiger partial charge in [0, 0.05) is 24.6 Å². The fraction of sp³-hybridized carbons (Fsp3) is 0.368. The first-order valence-corrected chi connectivity index (χ1v) is 10.5. The number of benzene rings is 1. The minimum atomic E-state index is -3.34. The van der Waals surface area contributed by atoms with Crippen LogP contribution in [0.15, 0.2) is 47.5 Å². The van der Waals surface area contributed by atoms with Crippen LogP contribution in [-0.4, -0.2) is 31.1 Å². The number of hydrogen-bond acceptors (Lipinski definition) is 6. The average Bonchev–Trinajstić information content (AvgIpc) is 2.60.